The van der Waals surface area contributed by atoms with Gasteiger partial charge in [0, 0.05) is 43.9 Å². The second kappa shape index (κ2) is 5.35. The van der Waals surface area contributed by atoms with Crippen LogP contribution >= 0.6 is 0 Å². The van der Waals surface area contributed by atoms with E-state index in [1.54, 1.807) is 0 Å². The highest BCUT2D eigenvalue weighted by molar-refractivity contribution is 5.70. The number of hydrogen-bond acceptors (Lipinski definition) is 4. The lowest BCUT2D eigenvalue weighted by molar-refractivity contribution is 0.924. The van der Waals surface area contributed by atoms with E-state index in [2.05, 4.69) is 60.5 Å². The molecule has 0 unspecified atom stereocenters. The molecule has 1 aromatic carbocycles. The van der Waals surface area contributed by atoms with Gasteiger partial charge in [-0.05, 0) is 31.9 Å². The van der Waals surface area contributed by atoms with E-state index >= 15 is 0 Å². The molecule has 1 aliphatic rings. The molecule has 110 valence electrons. The number of nitrogens with zero attached hydrogens (tertiary/aromatic N) is 3. The lowest BCUT2D eigenvalue weighted by Crippen LogP contribution is -2.08. The summed E-state index contributed by atoms with van der Waals surface area (Å²) in [6, 6.07) is 8.54. The largest absolute Gasteiger partial charge is 0.378 e. The van der Waals surface area contributed by atoms with E-state index in [0.29, 0.717) is 5.92 Å². The zero-order valence-corrected chi connectivity index (χ0v) is 13.1. The number of rotatable bonds is 4. The van der Waals surface area contributed by atoms with Gasteiger partial charge in [0.25, 0.3) is 0 Å². The van der Waals surface area contributed by atoms with E-state index in [0.717, 1.165) is 28.5 Å². The van der Waals surface area contributed by atoms with E-state index < -0.39 is 0 Å². The third kappa shape index (κ3) is 2.71. The Labute approximate surface area is 126 Å². The van der Waals surface area contributed by atoms with Gasteiger partial charge in [-0.15, -0.1) is 0 Å². The van der Waals surface area contributed by atoms with Gasteiger partial charge in [-0.1, -0.05) is 12.1 Å². The lowest BCUT2D eigenvalue weighted by atomic mass is 10.1. The SMILES string of the molecule is CNc1nc(C2CC2)nc(-c2ccc(N(C)C)cc2)c1C. The molecule has 2 aromatic rings. The highest BCUT2D eigenvalue weighted by atomic mass is 15.1. The first-order valence-corrected chi connectivity index (χ1v) is 7.44. The van der Waals surface area contributed by atoms with E-state index in [-0.39, 0.29) is 0 Å². The molecule has 1 aromatic heterocycles. The summed E-state index contributed by atoms with van der Waals surface area (Å²) in [6.45, 7) is 2.08. The van der Waals surface area contributed by atoms with Crippen molar-refractivity contribution in [2.75, 3.05) is 31.4 Å². The van der Waals surface area contributed by atoms with Crippen molar-refractivity contribution in [2.24, 2.45) is 0 Å². The number of anilines is 2. The summed E-state index contributed by atoms with van der Waals surface area (Å²) < 4.78 is 0. The summed E-state index contributed by atoms with van der Waals surface area (Å²) >= 11 is 0. The van der Waals surface area contributed by atoms with Crippen molar-refractivity contribution in [2.45, 2.75) is 25.7 Å². The summed E-state index contributed by atoms with van der Waals surface area (Å²) in [5, 5.41) is 3.20. The maximum atomic E-state index is 4.82. The fraction of sp³-hybridized carbons (Fsp3) is 0.412. The van der Waals surface area contributed by atoms with Gasteiger partial charge < -0.3 is 10.2 Å². The normalized spacial score (nSPS) is 14.1. The molecule has 3 rings (SSSR count). The monoisotopic (exact) mass is 282 g/mol. The van der Waals surface area contributed by atoms with Crippen LogP contribution in [0.1, 0.15) is 30.1 Å². The van der Waals surface area contributed by atoms with Crippen molar-refractivity contribution in [1.29, 1.82) is 0 Å². The van der Waals surface area contributed by atoms with Gasteiger partial charge in [-0.3, -0.25) is 0 Å². The Kier molecular flexibility index (Phi) is 3.53. The summed E-state index contributed by atoms with van der Waals surface area (Å²) in [4.78, 5) is 11.6. The minimum absolute atomic E-state index is 0.553. The van der Waals surface area contributed by atoms with Gasteiger partial charge in [0.05, 0.1) is 5.69 Å². The molecule has 4 heteroatoms. The predicted molar refractivity (Wildman–Crippen MR) is 88.1 cm³/mol. The number of aromatic nitrogens is 2. The highest BCUT2D eigenvalue weighted by Crippen LogP contribution is 2.40. The van der Waals surface area contributed by atoms with Gasteiger partial charge in [0.15, 0.2) is 0 Å². The van der Waals surface area contributed by atoms with Crippen molar-refractivity contribution in [1.82, 2.24) is 9.97 Å². The Hall–Kier alpha value is -2.10. The zero-order chi connectivity index (χ0) is 15.0. The molecule has 0 atom stereocenters. The molecule has 1 heterocycles. The molecule has 1 aliphatic carbocycles. The molecule has 0 amide bonds. The maximum Gasteiger partial charge on any atom is 0.134 e. The van der Waals surface area contributed by atoms with Crippen LogP contribution in [0.25, 0.3) is 11.3 Å². The first-order valence-electron chi connectivity index (χ1n) is 7.44. The van der Waals surface area contributed by atoms with E-state index in [4.69, 9.17) is 4.98 Å². The molecule has 0 bridgehead atoms. The van der Waals surface area contributed by atoms with Crippen LogP contribution in [0.2, 0.25) is 0 Å². The van der Waals surface area contributed by atoms with Crippen LogP contribution < -0.4 is 10.2 Å². The zero-order valence-electron chi connectivity index (χ0n) is 13.1. The predicted octanol–water partition coefficient (Wildman–Crippen LogP) is 3.44. The quantitative estimate of drug-likeness (QED) is 0.932. The fourth-order valence-corrected chi connectivity index (χ4v) is 2.50. The summed E-state index contributed by atoms with van der Waals surface area (Å²) in [6.07, 6.45) is 2.43. The third-order valence-electron chi connectivity index (χ3n) is 4.00. The smallest absolute Gasteiger partial charge is 0.134 e. The van der Waals surface area contributed by atoms with Gasteiger partial charge >= 0.3 is 0 Å². The van der Waals surface area contributed by atoms with Crippen LogP contribution in [0, 0.1) is 6.92 Å². The highest BCUT2D eigenvalue weighted by Gasteiger charge is 2.28. The number of nitrogens with one attached hydrogen (secondary N) is 1. The molecule has 0 radical (unpaired) electrons. The molecule has 4 nitrogen and oxygen atoms in total. The van der Waals surface area contributed by atoms with Crippen molar-refractivity contribution >= 4 is 11.5 Å². The van der Waals surface area contributed by atoms with Crippen LogP contribution in [0.5, 0.6) is 0 Å². The van der Waals surface area contributed by atoms with Crippen LogP contribution in [0.3, 0.4) is 0 Å². The Balaban J connectivity index is 2.05. The average Bonchev–Trinajstić information content (AvgIpc) is 3.32. The minimum atomic E-state index is 0.553. The second-order valence-corrected chi connectivity index (χ2v) is 5.87. The Bertz CT molecular complexity index is 643. The summed E-state index contributed by atoms with van der Waals surface area (Å²) in [7, 11) is 6.02. The first-order chi connectivity index (χ1) is 10.1. The van der Waals surface area contributed by atoms with Crippen molar-refractivity contribution < 1.29 is 0 Å². The first kappa shape index (κ1) is 13.9. The van der Waals surface area contributed by atoms with Crippen LogP contribution in [-0.2, 0) is 0 Å². The van der Waals surface area contributed by atoms with Gasteiger partial charge in [0.2, 0.25) is 0 Å². The standard InChI is InChI=1S/C17H22N4/c1-11-15(12-7-9-14(10-8-12)21(3)4)19-17(13-5-6-13)20-16(11)18-2/h7-10,13H,5-6H2,1-4H3,(H,18,19,20). The molecule has 21 heavy (non-hydrogen) atoms. The van der Waals surface area contributed by atoms with E-state index in [1.165, 1.54) is 18.5 Å². The van der Waals surface area contributed by atoms with Gasteiger partial charge in [0.1, 0.15) is 11.6 Å². The van der Waals surface area contributed by atoms with E-state index in [9.17, 15) is 0 Å². The topological polar surface area (TPSA) is 41.1 Å². The minimum Gasteiger partial charge on any atom is -0.378 e. The summed E-state index contributed by atoms with van der Waals surface area (Å²) in [5.41, 5.74) is 4.50. The molecular weight excluding hydrogens is 260 g/mol. The molecule has 1 fully saturated rings. The maximum absolute atomic E-state index is 4.82. The van der Waals surface area contributed by atoms with Gasteiger partial charge in [-0.25, -0.2) is 9.97 Å². The van der Waals surface area contributed by atoms with E-state index in [1.807, 2.05) is 7.05 Å². The van der Waals surface area contributed by atoms with Crippen molar-refractivity contribution in [3.8, 4) is 11.3 Å². The Morgan fingerprint density at radius 2 is 1.76 bits per heavy atom. The second-order valence-electron chi connectivity index (χ2n) is 5.87. The number of benzene rings is 1. The Morgan fingerprint density at radius 1 is 1.10 bits per heavy atom. The molecule has 0 aliphatic heterocycles. The van der Waals surface area contributed by atoms with Crippen LogP contribution in [0.4, 0.5) is 11.5 Å². The third-order valence-corrected chi connectivity index (χ3v) is 4.00. The van der Waals surface area contributed by atoms with Crippen molar-refractivity contribution in [3.05, 3.63) is 35.7 Å². The molecular formula is C17H22N4. The molecule has 0 saturated heterocycles. The van der Waals surface area contributed by atoms with Crippen LogP contribution in [-0.4, -0.2) is 31.1 Å². The molecule has 1 saturated carbocycles. The van der Waals surface area contributed by atoms with Crippen molar-refractivity contribution in [3.63, 3.8) is 0 Å². The molecule has 0 spiro atoms. The Morgan fingerprint density at radius 3 is 2.29 bits per heavy atom. The van der Waals surface area contributed by atoms with Crippen LogP contribution in [0.15, 0.2) is 24.3 Å². The molecule has 1 N–H and O–H groups in total. The average molecular weight is 282 g/mol. The van der Waals surface area contributed by atoms with Gasteiger partial charge in [-0.2, -0.15) is 0 Å². The summed E-state index contributed by atoms with van der Waals surface area (Å²) in [5.74, 6) is 2.48. The lowest BCUT2D eigenvalue weighted by Gasteiger charge is -2.15. The fourth-order valence-electron chi connectivity index (χ4n) is 2.50. The number of hydrogen-bond donors (Lipinski definition) is 1.